The summed E-state index contributed by atoms with van der Waals surface area (Å²) < 4.78 is 53.2. The van der Waals surface area contributed by atoms with Crippen LogP contribution in [-0.4, -0.2) is 10.5 Å². The molecule has 0 aliphatic heterocycles. The highest BCUT2D eigenvalue weighted by Crippen LogP contribution is 2.34. The van der Waals surface area contributed by atoms with E-state index >= 15 is 0 Å². The second-order valence-electron chi connectivity index (χ2n) is 5.44. The molecule has 1 aromatic heterocycles. The molecule has 0 radical (unpaired) electrons. The van der Waals surface area contributed by atoms with Crippen molar-refractivity contribution >= 4 is 34.1 Å². The fraction of sp³-hybridized carbons (Fsp3) is 0.118. The molecule has 0 fully saturated rings. The normalized spacial score (nSPS) is 11.8. The number of nitrogens with zero attached hydrogens (tertiary/aromatic N) is 1. The average molecular weight is 371 g/mol. The number of alkyl halides is 3. The number of hydrogen-bond acceptors (Lipinski definition) is 1. The molecule has 3 rings (SSSR count). The third-order valence-corrected chi connectivity index (χ3v) is 4.11. The lowest BCUT2D eigenvalue weighted by Crippen LogP contribution is -2.16. The highest BCUT2D eigenvalue weighted by atomic mass is 35.5. The van der Waals surface area contributed by atoms with Gasteiger partial charge in [0.15, 0.2) is 0 Å². The van der Waals surface area contributed by atoms with E-state index < -0.39 is 23.5 Å². The summed E-state index contributed by atoms with van der Waals surface area (Å²) >= 11 is 5.88. The summed E-state index contributed by atoms with van der Waals surface area (Å²) in [5, 5.41) is 2.98. The number of anilines is 1. The van der Waals surface area contributed by atoms with Crippen LogP contribution in [0.4, 0.5) is 23.2 Å². The molecule has 8 heteroatoms. The van der Waals surface area contributed by atoms with Crippen molar-refractivity contribution in [3.05, 3.63) is 64.6 Å². The van der Waals surface area contributed by atoms with Gasteiger partial charge < -0.3 is 9.88 Å². The van der Waals surface area contributed by atoms with Crippen molar-refractivity contribution < 1.29 is 22.4 Å². The second-order valence-corrected chi connectivity index (χ2v) is 5.85. The highest BCUT2D eigenvalue weighted by molar-refractivity contribution is 6.34. The van der Waals surface area contributed by atoms with Crippen LogP contribution in [0.25, 0.3) is 10.9 Å². The van der Waals surface area contributed by atoms with Crippen molar-refractivity contribution in [2.24, 2.45) is 7.05 Å². The number of benzene rings is 2. The number of nitrogens with one attached hydrogen (secondary N) is 1. The van der Waals surface area contributed by atoms with E-state index in [9.17, 15) is 22.4 Å². The zero-order chi connectivity index (χ0) is 18.4. The quantitative estimate of drug-likeness (QED) is 0.615. The number of fused-ring (bicyclic) bond motifs is 1. The molecular weight excluding hydrogens is 360 g/mol. The Kier molecular flexibility index (Phi) is 4.20. The first kappa shape index (κ1) is 17.3. The van der Waals surface area contributed by atoms with Gasteiger partial charge in [0.25, 0.3) is 5.91 Å². The summed E-state index contributed by atoms with van der Waals surface area (Å²) in [6.07, 6.45) is -4.55. The molecule has 3 nitrogen and oxygen atoms in total. The molecule has 0 bridgehead atoms. The number of carbonyl (C=O) groups is 1. The predicted molar refractivity (Wildman–Crippen MR) is 87.3 cm³/mol. The summed E-state index contributed by atoms with van der Waals surface area (Å²) in [4.78, 5) is 12.4. The molecule has 0 aliphatic carbocycles. The maximum absolute atomic E-state index is 13.3. The Balaban J connectivity index is 1.97. The SMILES string of the molecule is Cn1c(C(=O)Nc2cc(C(F)(F)F)ccc2Cl)cc2ccc(F)cc21. The molecule has 1 heterocycles. The van der Waals surface area contributed by atoms with Crippen LogP contribution >= 0.6 is 11.6 Å². The van der Waals surface area contributed by atoms with Crippen LogP contribution in [0.2, 0.25) is 5.02 Å². The van der Waals surface area contributed by atoms with Gasteiger partial charge in [-0.3, -0.25) is 4.79 Å². The van der Waals surface area contributed by atoms with Crippen molar-refractivity contribution in [1.82, 2.24) is 4.57 Å². The maximum Gasteiger partial charge on any atom is 0.416 e. The molecule has 0 saturated carbocycles. The Morgan fingerprint density at radius 1 is 1.12 bits per heavy atom. The molecule has 0 saturated heterocycles. The van der Waals surface area contributed by atoms with Gasteiger partial charge in [0.1, 0.15) is 11.5 Å². The number of aryl methyl sites for hydroxylation is 1. The van der Waals surface area contributed by atoms with Crippen LogP contribution in [-0.2, 0) is 13.2 Å². The third kappa shape index (κ3) is 3.32. The van der Waals surface area contributed by atoms with Crippen molar-refractivity contribution in [1.29, 1.82) is 0 Å². The number of carbonyl (C=O) groups excluding carboxylic acids is 1. The number of halogens is 5. The van der Waals surface area contributed by atoms with E-state index in [-0.39, 0.29) is 16.4 Å². The number of aromatic nitrogens is 1. The first-order chi connectivity index (χ1) is 11.7. The Morgan fingerprint density at radius 2 is 1.84 bits per heavy atom. The monoisotopic (exact) mass is 370 g/mol. The van der Waals surface area contributed by atoms with Gasteiger partial charge in [0.2, 0.25) is 0 Å². The molecule has 0 spiro atoms. The Labute approximate surface area is 144 Å². The third-order valence-electron chi connectivity index (χ3n) is 3.78. The number of amides is 1. The van der Waals surface area contributed by atoms with Gasteiger partial charge in [-0.05, 0) is 42.5 Å². The Bertz CT molecular complexity index is 979. The van der Waals surface area contributed by atoms with E-state index in [1.54, 1.807) is 7.05 Å². The summed E-state index contributed by atoms with van der Waals surface area (Å²) in [6.45, 7) is 0. The van der Waals surface area contributed by atoms with E-state index in [2.05, 4.69) is 5.32 Å². The van der Waals surface area contributed by atoms with Gasteiger partial charge >= 0.3 is 6.18 Å². The van der Waals surface area contributed by atoms with E-state index in [4.69, 9.17) is 11.6 Å². The van der Waals surface area contributed by atoms with Crippen LogP contribution in [0.15, 0.2) is 42.5 Å². The fourth-order valence-corrected chi connectivity index (χ4v) is 2.67. The maximum atomic E-state index is 13.3. The first-order valence-corrected chi connectivity index (χ1v) is 7.47. The minimum Gasteiger partial charge on any atom is -0.340 e. The van der Waals surface area contributed by atoms with Gasteiger partial charge in [-0.25, -0.2) is 4.39 Å². The molecule has 130 valence electrons. The van der Waals surface area contributed by atoms with E-state index in [0.717, 1.165) is 18.2 Å². The van der Waals surface area contributed by atoms with Gasteiger partial charge in [0.05, 0.1) is 21.8 Å². The van der Waals surface area contributed by atoms with Crippen LogP contribution in [0.5, 0.6) is 0 Å². The molecule has 3 aromatic rings. The zero-order valence-corrected chi connectivity index (χ0v) is 13.5. The zero-order valence-electron chi connectivity index (χ0n) is 12.8. The van der Waals surface area contributed by atoms with Crippen LogP contribution < -0.4 is 5.32 Å². The van der Waals surface area contributed by atoms with Crippen LogP contribution in [0.3, 0.4) is 0 Å². The molecule has 0 atom stereocenters. The van der Waals surface area contributed by atoms with Crippen molar-refractivity contribution in [2.45, 2.75) is 6.18 Å². The largest absolute Gasteiger partial charge is 0.416 e. The standard InChI is InChI=1S/C17H11ClF4N2O/c1-24-14-8-11(19)4-2-9(14)6-15(24)16(25)23-13-7-10(17(20,21)22)3-5-12(13)18/h2-8H,1H3,(H,23,25). The van der Waals surface area contributed by atoms with Gasteiger partial charge in [0, 0.05) is 12.4 Å². The molecule has 0 unspecified atom stereocenters. The van der Waals surface area contributed by atoms with Crippen molar-refractivity contribution in [3.63, 3.8) is 0 Å². The lowest BCUT2D eigenvalue weighted by Gasteiger charge is -2.12. The summed E-state index contributed by atoms with van der Waals surface area (Å²) in [6, 6.07) is 8.22. The van der Waals surface area contributed by atoms with Gasteiger partial charge in [-0.15, -0.1) is 0 Å². The molecule has 0 aliphatic rings. The van der Waals surface area contributed by atoms with E-state index in [1.807, 2.05) is 0 Å². The molecule has 1 N–H and O–H groups in total. The van der Waals surface area contributed by atoms with Gasteiger partial charge in [-0.2, -0.15) is 13.2 Å². The average Bonchev–Trinajstić information content (AvgIpc) is 2.85. The lowest BCUT2D eigenvalue weighted by atomic mass is 10.2. The second kappa shape index (κ2) is 6.07. The lowest BCUT2D eigenvalue weighted by molar-refractivity contribution is -0.137. The first-order valence-electron chi connectivity index (χ1n) is 7.10. The molecular formula is C17H11ClF4N2O. The molecule has 25 heavy (non-hydrogen) atoms. The fourth-order valence-electron chi connectivity index (χ4n) is 2.50. The summed E-state index contributed by atoms with van der Waals surface area (Å²) in [5.41, 5.74) is -0.432. The number of rotatable bonds is 2. The van der Waals surface area contributed by atoms with Gasteiger partial charge in [-0.1, -0.05) is 11.6 Å². The molecule has 1 amide bonds. The molecule has 2 aromatic carbocycles. The Hall–Kier alpha value is -2.54. The topological polar surface area (TPSA) is 34.0 Å². The number of hydrogen-bond donors (Lipinski definition) is 1. The Morgan fingerprint density at radius 3 is 2.52 bits per heavy atom. The van der Waals surface area contributed by atoms with Crippen LogP contribution in [0.1, 0.15) is 16.1 Å². The van der Waals surface area contributed by atoms with E-state index in [0.29, 0.717) is 10.9 Å². The highest BCUT2D eigenvalue weighted by Gasteiger charge is 2.31. The van der Waals surface area contributed by atoms with Crippen LogP contribution in [0, 0.1) is 5.82 Å². The smallest absolute Gasteiger partial charge is 0.340 e. The van der Waals surface area contributed by atoms with Crippen molar-refractivity contribution in [3.8, 4) is 0 Å². The van der Waals surface area contributed by atoms with E-state index in [1.165, 1.54) is 28.8 Å². The summed E-state index contributed by atoms with van der Waals surface area (Å²) in [5.74, 6) is -1.11. The van der Waals surface area contributed by atoms with Crippen molar-refractivity contribution in [2.75, 3.05) is 5.32 Å². The summed E-state index contributed by atoms with van der Waals surface area (Å²) in [7, 11) is 1.56. The minimum absolute atomic E-state index is 0.0221. The predicted octanol–water partition coefficient (Wildman–Crippen LogP) is 5.24. The minimum atomic E-state index is -4.55.